The molecule has 10 heteroatoms. The van der Waals surface area contributed by atoms with E-state index in [2.05, 4.69) is 10.1 Å². The van der Waals surface area contributed by atoms with E-state index in [1.54, 1.807) is 11.8 Å². The van der Waals surface area contributed by atoms with Crippen LogP contribution >= 0.6 is 0 Å². The first-order valence-electron chi connectivity index (χ1n) is 9.48. The van der Waals surface area contributed by atoms with Gasteiger partial charge in [0.25, 0.3) is 11.6 Å². The highest BCUT2D eigenvalue weighted by Gasteiger charge is 2.31. The van der Waals surface area contributed by atoms with E-state index in [9.17, 15) is 18.0 Å². The molecule has 3 aromatic rings. The molecule has 0 saturated carbocycles. The van der Waals surface area contributed by atoms with Crippen molar-refractivity contribution in [2.45, 2.75) is 13.1 Å². The van der Waals surface area contributed by atoms with Crippen LogP contribution in [0.5, 0.6) is 0 Å². The molecule has 3 rings (SSSR count). The average molecular weight is 437 g/mol. The fraction of sp³-hybridized carbons (Fsp3) is 0.381. The normalized spacial score (nSPS) is 11.8. The van der Waals surface area contributed by atoms with E-state index in [1.807, 2.05) is 0 Å². The number of nitrogens with zero attached hydrogens (tertiary/aromatic N) is 3. The van der Waals surface area contributed by atoms with E-state index in [4.69, 9.17) is 14.0 Å². The number of hydrogen-bond donors (Lipinski definition) is 0. The lowest BCUT2D eigenvalue weighted by atomic mass is 10.0. The third-order valence-corrected chi connectivity index (χ3v) is 4.75. The molecule has 0 aliphatic rings. The Balaban J connectivity index is 2.11. The molecule has 0 spiro atoms. The second kappa shape index (κ2) is 9.44. The molecule has 1 aromatic carbocycles. The number of pyridine rings is 1. The molecule has 0 N–H and O–H groups in total. The summed E-state index contributed by atoms with van der Waals surface area (Å²) in [6, 6.07) is 6.22. The molecule has 0 bridgehead atoms. The van der Waals surface area contributed by atoms with Crippen LogP contribution in [0.25, 0.3) is 22.4 Å². The second-order valence-corrected chi connectivity index (χ2v) is 6.86. The number of hydrogen-bond acceptors (Lipinski definition) is 6. The van der Waals surface area contributed by atoms with Gasteiger partial charge in [-0.15, -0.1) is 0 Å². The highest BCUT2D eigenvalue weighted by atomic mass is 19.4. The van der Waals surface area contributed by atoms with Crippen LogP contribution in [0.4, 0.5) is 13.2 Å². The Morgan fingerprint density at radius 2 is 1.81 bits per heavy atom. The smallest absolute Gasteiger partial charge is 0.383 e. The van der Waals surface area contributed by atoms with Gasteiger partial charge < -0.3 is 18.9 Å². The van der Waals surface area contributed by atoms with Gasteiger partial charge in [0, 0.05) is 32.9 Å². The molecule has 0 saturated heterocycles. The number of aryl methyl sites for hydroxylation is 1. The van der Waals surface area contributed by atoms with Gasteiger partial charge in [-0.2, -0.15) is 13.2 Å². The number of amides is 1. The van der Waals surface area contributed by atoms with Gasteiger partial charge in [-0.05, 0) is 25.1 Å². The Hall–Kier alpha value is -2.98. The van der Waals surface area contributed by atoms with Gasteiger partial charge in [0.1, 0.15) is 0 Å². The second-order valence-electron chi connectivity index (χ2n) is 6.86. The van der Waals surface area contributed by atoms with E-state index in [-0.39, 0.29) is 28.4 Å². The number of methoxy groups -OCH3 is 2. The molecule has 7 nitrogen and oxygen atoms in total. The van der Waals surface area contributed by atoms with Crippen LogP contribution in [-0.4, -0.2) is 61.5 Å². The Labute approximate surface area is 176 Å². The van der Waals surface area contributed by atoms with Gasteiger partial charge in [-0.1, -0.05) is 17.3 Å². The molecule has 1 amide bonds. The van der Waals surface area contributed by atoms with Crippen molar-refractivity contribution in [3.63, 3.8) is 0 Å². The number of alkyl halides is 3. The molecule has 31 heavy (non-hydrogen) atoms. The number of halogens is 3. The van der Waals surface area contributed by atoms with Gasteiger partial charge >= 0.3 is 6.18 Å². The zero-order valence-electron chi connectivity index (χ0n) is 17.3. The predicted molar refractivity (Wildman–Crippen MR) is 107 cm³/mol. The highest BCUT2D eigenvalue weighted by Crippen LogP contribution is 2.33. The molecule has 0 aliphatic carbocycles. The zero-order chi connectivity index (χ0) is 22.6. The summed E-state index contributed by atoms with van der Waals surface area (Å²) in [6.45, 7) is 2.92. The van der Waals surface area contributed by atoms with Crippen LogP contribution in [0, 0.1) is 6.92 Å². The SMILES string of the molecule is COCCN(CCOC)C(=O)c1cc(-c2cccc(C(F)(F)F)c2)nc2onc(C)c12. The van der Waals surface area contributed by atoms with Gasteiger partial charge in [0.15, 0.2) is 0 Å². The summed E-state index contributed by atoms with van der Waals surface area (Å²) in [5.41, 5.74) is 0.351. The third-order valence-electron chi connectivity index (χ3n) is 4.75. The minimum absolute atomic E-state index is 0.0780. The van der Waals surface area contributed by atoms with Crippen molar-refractivity contribution in [1.29, 1.82) is 0 Å². The molecule has 0 fully saturated rings. The van der Waals surface area contributed by atoms with Crippen LogP contribution in [0.2, 0.25) is 0 Å². The maximum absolute atomic E-state index is 13.4. The highest BCUT2D eigenvalue weighted by molar-refractivity contribution is 6.07. The Bertz CT molecular complexity index is 1060. The number of benzene rings is 1. The Kier molecular flexibility index (Phi) is 6.91. The molecule has 0 unspecified atom stereocenters. The minimum Gasteiger partial charge on any atom is -0.383 e. The maximum Gasteiger partial charge on any atom is 0.416 e. The first-order valence-corrected chi connectivity index (χ1v) is 9.48. The van der Waals surface area contributed by atoms with E-state index in [1.165, 1.54) is 32.4 Å². The van der Waals surface area contributed by atoms with Crippen LogP contribution in [0.3, 0.4) is 0 Å². The van der Waals surface area contributed by atoms with Gasteiger partial charge in [0.2, 0.25) is 0 Å². The number of carbonyl (C=O) groups is 1. The van der Waals surface area contributed by atoms with E-state index >= 15 is 0 Å². The molecule has 166 valence electrons. The lowest BCUT2D eigenvalue weighted by Crippen LogP contribution is -2.36. The summed E-state index contributed by atoms with van der Waals surface area (Å²) >= 11 is 0. The van der Waals surface area contributed by atoms with Crippen LogP contribution < -0.4 is 0 Å². The predicted octanol–water partition coefficient (Wildman–Crippen LogP) is 3.95. The molecule has 2 aromatic heterocycles. The molecule has 0 aliphatic heterocycles. The van der Waals surface area contributed by atoms with Gasteiger partial charge in [0.05, 0.1) is 41.1 Å². The van der Waals surface area contributed by atoms with Crippen molar-refractivity contribution < 1.29 is 32.0 Å². The summed E-state index contributed by atoms with van der Waals surface area (Å²) in [4.78, 5) is 19.2. The topological polar surface area (TPSA) is 77.7 Å². The fourth-order valence-electron chi connectivity index (χ4n) is 3.15. The summed E-state index contributed by atoms with van der Waals surface area (Å²) < 4.78 is 54.9. The lowest BCUT2D eigenvalue weighted by molar-refractivity contribution is -0.137. The lowest BCUT2D eigenvalue weighted by Gasteiger charge is -2.22. The number of carbonyl (C=O) groups excluding carboxylic acids is 1. The number of aromatic nitrogens is 2. The molecule has 0 atom stereocenters. The number of fused-ring (bicyclic) bond motifs is 1. The summed E-state index contributed by atoms with van der Waals surface area (Å²) in [7, 11) is 3.05. The number of rotatable bonds is 8. The van der Waals surface area contributed by atoms with Crippen molar-refractivity contribution in [2.75, 3.05) is 40.5 Å². The van der Waals surface area contributed by atoms with Crippen LogP contribution in [-0.2, 0) is 15.7 Å². The first kappa shape index (κ1) is 22.7. The Morgan fingerprint density at radius 3 is 2.42 bits per heavy atom. The summed E-state index contributed by atoms with van der Waals surface area (Å²) in [6.07, 6.45) is -4.50. The van der Waals surface area contributed by atoms with Crippen molar-refractivity contribution in [3.8, 4) is 11.3 Å². The minimum atomic E-state index is -4.50. The van der Waals surface area contributed by atoms with Crippen molar-refractivity contribution >= 4 is 17.0 Å². The van der Waals surface area contributed by atoms with Gasteiger partial charge in [-0.25, -0.2) is 4.98 Å². The molecule has 0 radical (unpaired) electrons. The fourth-order valence-corrected chi connectivity index (χ4v) is 3.15. The van der Waals surface area contributed by atoms with Crippen LogP contribution in [0.15, 0.2) is 34.9 Å². The average Bonchev–Trinajstić information content (AvgIpc) is 3.13. The van der Waals surface area contributed by atoms with Crippen LogP contribution in [0.1, 0.15) is 21.6 Å². The quantitative estimate of drug-likeness (QED) is 0.531. The first-order chi connectivity index (χ1) is 14.8. The largest absolute Gasteiger partial charge is 0.416 e. The van der Waals surface area contributed by atoms with Crippen molar-refractivity contribution in [3.05, 3.63) is 47.2 Å². The zero-order valence-corrected chi connectivity index (χ0v) is 17.3. The maximum atomic E-state index is 13.4. The summed E-state index contributed by atoms with van der Waals surface area (Å²) in [5.74, 6) is -0.346. The summed E-state index contributed by atoms with van der Waals surface area (Å²) in [5, 5.41) is 4.29. The van der Waals surface area contributed by atoms with E-state index in [0.717, 1.165) is 12.1 Å². The van der Waals surface area contributed by atoms with E-state index < -0.39 is 11.7 Å². The standard InChI is InChI=1S/C21H22F3N3O4/c1-13-18-16(20(28)27(7-9-29-2)8-10-30-3)12-17(25-19(18)31-26-13)14-5-4-6-15(11-14)21(22,23)24/h4-6,11-12H,7-10H2,1-3H3. The van der Waals surface area contributed by atoms with Gasteiger partial charge in [-0.3, -0.25) is 4.79 Å². The third kappa shape index (κ3) is 5.02. The molecular formula is C21H22F3N3O4. The molecular weight excluding hydrogens is 415 g/mol. The number of ether oxygens (including phenoxy) is 2. The van der Waals surface area contributed by atoms with Crippen molar-refractivity contribution in [2.24, 2.45) is 0 Å². The monoisotopic (exact) mass is 437 g/mol. The molecule has 2 heterocycles. The van der Waals surface area contributed by atoms with E-state index in [0.29, 0.717) is 37.4 Å². The Morgan fingerprint density at radius 1 is 1.13 bits per heavy atom. The van der Waals surface area contributed by atoms with Crippen molar-refractivity contribution in [1.82, 2.24) is 15.0 Å².